The van der Waals surface area contributed by atoms with Crippen LogP contribution in [0.2, 0.25) is 0 Å². The predicted octanol–water partition coefficient (Wildman–Crippen LogP) is 2.73. The Balaban J connectivity index is 2.63. The van der Waals surface area contributed by atoms with Gasteiger partial charge in [0.05, 0.1) is 10.5 Å². The summed E-state index contributed by atoms with van der Waals surface area (Å²) in [5, 5.41) is 0.890. The van der Waals surface area contributed by atoms with Crippen LogP contribution < -0.4 is 5.73 Å². The number of fused-ring (bicyclic) bond motifs is 1. The zero-order chi connectivity index (χ0) is 11.0. The van der Waals surface area contributed by atoms with Crippen LogP contribution in [0.5, 0.6) is 0 Å². The normalized spacial score (nSPS) is 13.0. The number of benzene rings is 1. The first-order valence-electron chi connectivity index (χ1n) is 4.58. The fourth-order valence-electron chi connectivity index (χ4n) is 1.38. The quantitative estimate of drug-likeness (QED) is 0.852. The van der Waals surface area contributed by atoms with Crippen molar-refractivity contribution in [3.8, 4) is 0 Å². The van der Waals surface area contributed by atoms with Crippen LogP contribution in [0.1, 0.15) is 17.5 Å². The minimum Gasteiger partial charge on any atom is -0.452 e. The van der Waals surface area contributed by atoms with E-state index in [0.717, 1.165) is 5.39 Å². The molecule has 15 heavy (non-hydrogen) atoms. The van der Waals surface area contributed by atoms with Crippen LogP contribution in [0, 0.1) is 0 Å². The van der Waals surface area contributed by atoms with Crippen molar-refractivity contribution in [2.24, 2.45) is 5.73 Å². The van der Waals surface area contributed by atoms with E-state index >= 15 is 0 Å². The summed E-state index contributed by atoms with van der Waals surface area (Å²) in [6, 6.07) is 6.90. The lowest BCUT2D eigenvalue weighted by atomic mass is 10.1. The first-order chi connectivity index (χ1) is 7.11. The highest BCUT2D eigenvalue weighted by Crippen LogP contribution is 2.31. The molecule has 3 nitrogen and oxygen atoms in total. The molecule has 1 atom stereocenters. The Morgan fingerprint density at radius 2 is 2.13 bits per heavy atom. The second-order valence-corrected chi connectivity index (χ2v) is 4.19. The molecule has 0 saturated carbocycles. The first-order valence-corrected chi connectivity index (χ1v) is 5.37. The van der Waals surface area contributed by atoms with Crippen LogP contribution in [0.25, 0.3) is 11.0 Å². The summed E-state index contributed by atoms with van der Waals surface area (Å²) in [5.41, 5.74) is 6.22. The highest BCUT2D eigenvalue weighted by molar-refractivity contribution is 9.10. The van der Waals surface area contributed by atoms with Gasteiger partial charge in [-0.2, -0.15) is 0 Å². The van der Waals surface area contributed by atoms with E-state index < -0.39 is 6.04 Å². The maximum atomic E-state index is 11.7. The van der Waals surface area contributed by atoms with Gasteiger partial charge in [0.25, 0.3) is 0 Å². The second-order valence-electron chi connectivity index (χ2n) is 3.39. The van der Waals surface area contributed by atoms with Gasteiger partial charge in [0, 0.05) is 5.39 Å². The molecule has 2 N–H and O–H groups in total. The lowest BCUT2D eigenvalue weighted by molar-refractivity contribution is 0.0942. The Morgan fingerprint density at radius 3 is 2.73 bits per heavy atom. The molecule has 1 unspecified atom stereocenters. The van der Waals surface area contributed by atoms with Gasteiger partial charge in [0.1, 0.15) is 5.58 Å². The Kier molecular flexibility index (Phi) is 2.63. The van der Waals surface area contributed by atoms with Crippen LogP contribution >= 0.6 is 15.9 Å². The smallest absolute Gasteiger partial charge is 0.215 e. The van der Waals surface area contributed by atoms with Crippen LogP contribution in [0.4, 0.5) is 0 Å². The summed E-state index contributed by atoms with van der Waals surface area (Å²) in [5.74, 6) is 0.101. The summed E-state index contributed by atoms with van der Waals surface area (Å²) >= 11 is 3.35. The molecule has 0 saturated heterocycles. The fraction of sp³-hybridized carbons (Fsp3) is 0.182. The van der Waals surface area contributed by atoms with E-state index in [1.807, 2.05) is 24.3 Å². The Hall–Kier alpha value is -1.13. The third-order valence-electron chi connectivity index (χ3n) is 2.17. The number of hydrogen-bond acceptors (Lipinski definition) is 3. The van der Waals surface area contributed by atoms with Crippen LogP contribution in [0.3, 0.4) is 0 Å². The molecule has 0 bridgehead atoms. The zero-order valence-corrected chi connectivity index (χ0v) is 9.74. The molecule has 2 rings (SSSR count). The molecule has 78 valence electrons. The number of halogens is 1. The molecule has 1 heterocycles. The van der Waals surface area contributed by atoms with Gasteiger partial charge in [-0.1, -0.05) is 12.1 Å². The van der Waals surface area contributed by atoms with E-state index in [1.165, 1.54) is 0 Å². The molecular formula is C11H10BrNO2. The van der Waals surface area contributed by atoms with Crippen LogP contribution in [-0.2, 0) is 0 Å². The number of ketones is 1. The molecule has 0 fully saturated rings. The molecule has 0 spiro atoms. The van der Waals surface area contributed by atoms with Gasteiger partial charge in [0.15, 0.2) is 5.76 Å². The summed E-state index contributed by atoms with van der Waals surface area (Å²) in [7, 11) is 0. The van der Waals surface area contributed by atoms with Crippen molar-refractivity contribution in [3.63, 3.8) is 0 Å². The summed E-state index contributed by atoms with van der Waals surface area (Å²) < 4.78 is 6.13. The van der Waals surface area contributed by atoms with E-state index in [1.54, 1.807) is 6.92 Å². The highest BCUT2D eigenvalue weighted by Gasteiger charge is 2.20. The summed E-state index contributed by atoms with van der Waals surface area (Å²) in [6.45, 7) is 1.64. The Bertz CT molecular complexity index is 516. The van der Waals surface area contributed by atoms with E-state index in [9.17, 15) is 4.79 Å². The van der Waals surface area contributed by atoms with Gasteiger partial charge in [-0.3, -0.25) is 4.79 Å². The number of Topliss-reactive ketones (excluding diaryl/α,β-unsaturated/α-hetero) is 1. The summed E-state index contributed by atoms with van der Waals surface area (Å²) in [4.78, 5) is 11.7. The zero-order valence-electron chi connectivity index (χ0n) is 8.16. The van der Waals surface area contributed by atoms with E-state index in [-0.39, 0.29) is 5.78 Å². The standard InChI is InChI=1S/C11H10BrNO2/c1-6(13)10(14)11-9(12)7-4-2-3-5-8(7)15-11/h2-6H,13H2,1H3. The molecule has 1 aromatic carbocycles. The minimum absolute atomic E-state index is 0.196. The maximum Gasteiger partial charge on any atom is 0.215 e. The Morgan fingerprint density at radius 1 is 1.47 bits per heavy atom. The SMILES string of the molecule is CC(N)C(=O)c1oc2ccccc2c1Br. The molecule has 4 heteroatoms. The monoisotopic (exact) mass is 267 g/mol. The number of carbonyl (C=O) groups excluding carboxylic acids is 1. The third kappa shape index (κ3) is 1.70. The van der Waals surface area contributed by atoms with Gasteiger partial charge in [-0.15, -0.1) is 0 Å². The number of hydrogen-bond donors (Lipinski definition) is 1. The third-order valence-corrected chi connectivity index (χ3v) is 2.96. The van der Waals surface area contributed by atoms with Crippen LogP contribution in [0.15, 0.2) is 33.2 Å². The molecule has 0 aliphatic rings. The van der Waals surface area contributed by atoms with Crippen molar-refractivity contribution in [3.05, 3.63) is 34.5 Å². The van der Waals surface area contributed by atoms with E-state index in [2.05, 4.69) is 15.9 Å². The minimum atomic E-state index is -0.554. The van der Waals surface area contributed by atoms with Gasteiger partial charge in [-0.05, 0) is 35.0 Å². The van der Waals surface area contributed by atoms with Crippen LogP contribution in [-0.4, -0.2) is 11.8 Å². The lowest BCUT2D eigenvalue weighted by Gasteiger charge is -2.00. The average molecular weight is 268 g/mol. The number of nitrogens with two attached hydrogens (primary N) is 1. The molecule has 0 aliphatic heterocycles. The van der Waals surface area contributed by atoms with Crippen molar-refractivity contribution in [2.45, 2.75) is 13.0 Å². The largest absolute Gasteiger partial charge is 0.452 e. The van der Waals surface area contributed by atoms with E-state index in [4.69, 9.17) is 10.2 Å². The molecule has 1 aromatic heterocycles. The first kappa shape index (κ1) is 10.4. The summed E-state index contributed by atoms with van der Waals surface area (Å²) in [6.07, 6.45) is 0. The van der Waals surface area contributed by atoms with Crippen molar-refractivity contribution >= 4 is 32.7 Å². The lowest BCUT2D eigenvalue weighted by Crippen LogP contribution is -2.26. The molecule has 0 radical (unpaired) electrons. The second kappa shape index (κ2) is 3.79. The highest BCUT2D eigenvalue weighted by atomic mass is 79.9. The predicted molar refractivity (Wildman–Crippen MR) is 61.9 cm³/mol. The van der Waals surface area contributed by atoms with Crippen molar-refractivity contribution in [1.82, 2.24) is 0 Å². The fourth-order valence-corrected chi connectivity index (χ4v) is 1.98. The topological polar surface area (TPSA) is 56.2 Å². The molecule has 2 aromatic rings. The van der Waals surface area contributed by atoms with Gasteiger partial charge in [0.2, 0.25) is 5.78 Å². The van der Waals surface area contributed by atoms with Gasteiger partial charge < -0.3 is 10.2 Å². The number of para-hydroxylation sites is 1. The molecule has 0 aliphatic carbocycles. The number of furan rings is 1. The number of rotatable bonds is 2. The van der Waals surface area contributed by atoms with Crippen molar-refractivity contribution < 1.29 is 9.21 Å². The Labute approximate surface area is 95.4 Å². The van der Waals surface area contributed by atoms with Gasteiger partial charge in [-0.25, -0.2) is 0 Å². The van der Waals surface area contributed by atoms with Crippen molar-refractivity contribution in [2.75, 3.05) is 0 Å². The average Bonchev–Trinajstić information content (AvgIpc) is 2.56. The van der Waals surface area contributed by atoms with Gasteiger partial charge >= 0.3 is 0 Å². The van der Waals surface area contributed by atoms with Crippen molar-refractivity contribution in [1.29, 1.82) is 0 Å². The molecule has 0 amide bonds. The van der Waals surface area contributed by atoms with E-state index in [0.29, 0.717) is 15.8 Å². The maximum absolute atomic E-state index is 11.7. The number of carbonyl (C=O) groups is 1. The molecular weight excluding hydrogens is 258 g/mol.